The van der Waals surface area contributed by atoms with Crippen molar-refractivity contribution in [2.24, 2.45) is 5.92 Å². The average molecular weight is 242 g/mol. The van der Waals surface area contributed by atoms with Crippen molar-refractivity contribution < 1.29 is 4.74 Å². The molecule has 1 N–H and O–H groups in total. The fraction of sp³-hybridized carbons (Fsp3) is 1.00. The standard InChI is InChI=1S/C14H30N2O/c1-5-12(3)14(15-4)11-16-9-7-13(8-10-16)17-6-2/h12-15H,5-11H2,1-4H3. The Labute approximate surface area is 107 Å². The van der Waals surface area contributed by atoms with Crippen LogP contribution in [0, 0.1) is 5.92 Å². The number of piperidine rings is 1. The molecule has 0 spiro atoms. The number of likely N-dealkylation sites (tertiary alicyclic amines) is 1. The molecule has 0 saturated carbocycles. The number of rotatable bonds is 7. The molecule has 0 radical (unpaired) electrons. The average Bonchev–Trinajstić information content (AvgIpc) is 2.37. The lowest BCUT2D eigenvalue weighted by atomic mass is 9.97. The van der Waals surface area contributed by atoms with Gasteiger partial charge in [0.15, 0.2) is 0 Å². The Balaban J connectivity index is 2.28. The van der Waals surface area contributed by atoms with Crippen LogP contribution < -0.4 is 5.32 Å². The summed E-state index contributed by atoms with van der Waals surface area (Å²) in [5.74, 6) is 0.754. The molecule has 1 aliphatic rings. The van der Waals surface area contributed by atoms with Crippen LogP contribution in [0.2, 0.25) is 0 Å². The van der Waals surface area contributed by atoms with Crippen molar-refractivity contribution in [2.75, 3.05) is 33.3 Å². The summed E-state index contributed by atoms with van der Waals surface area (Å²) in [5.41, 5.74) is 0. The maximum Gasteiger partial charge on any atom is 0.0599 e. The van der Waals surface area contributed by atoms with Crippen LogP contribution in [0.1, 0.15) is 40.0 Å². The lowest BCUT2D eigenvalue weighted by Crippen LogP contribution is -2.47. The van der Waals surface area contributed by atoms with Crippen LogP contribution in [-0.4, -0.2) is 50.3 Å². The summed E-state index contributed by atoms with van der Waals surface area (Å²) in [6.07, 6.45) is 4.16. The van der Waals surface area contributed by atoms with E-state index in [2.05, 4.69) is 38.0 Å². The smallest absolute Gasteiger partial charge is 0.0599 e. The molecule has 0 bridgehead atoms. The molecule has 1 rings (SSSR count). The lowest BCUT2D eigenvalue weighted by Gasteiger charge is -2.35. The summed E-state index contributed by atoms with van der Waals surface area (Å²) < 4.78 is 5.69. The second-order valence-corrected chi connectivity index (χ2v) is 5.24. The van der Waals surface area contributed by atoms with Gasteiger partial charge >= 0.3 is 0 Å². The Bertz CT molecular complexity index is 191. The largest absolute Gasteiger partial charge is 0.378 e. The Morgan fingerprint density at radius 2 is 1.94 bits per heavy atom. The van der Waals surface area contributed by atoms with Gasteiger partial charge in [-0.3, -0.25) is 0 Å². The summed E-state index contributed by atoms with van der Waals surface area (Å²) in [5, 5.41) is 3.46. The Hall–Kier alpha value is -0.120. The van der Waals surface area contributed by atoms with E-state index >= 15 is 0 Å². The lowest BCUT2D eigenvalue weighted by molar-refractivity contribution is 0.0112. The number of hydrogen-bond acceptors (Lipinski definition) is 3. The van der Waals surface area contributed by atoms with E-state index < -0.39 is 0 Å². The molecule has 0 aromatic heterocycles. The first kappa shape index (κ1) is 14.9. The molecule has 1 heterocycles. The van der Waals surface area contributed by atoms with Gasteiger partial charge in [0.2, 0.25) is 0 Å². The minimum absolute atomic E-state index is 0.507. The zero-order chi connectivity index (χ0) is 12.7. The Morgan fingerprint density at radius 3 is 2.41 bits per heavy atom. The monoisotopic (exact) mass is 242 g/mol. The quantitative estimate of drug-likeness (QED) is 0.740. The van der Waals surface area contributed by atoms with Crippen molar-refractivity contribution in [1.82, 2.24) is 10.2 Å². The number of hydrogen-bond donors (Lipinski definition) is 1. The molecule has 2 unspecified atom stereocenters. The molecular formula is C14H30N2O. The summed E-state index contributed by atoms with van der Waals surface area (Å²) in [6.45, 7) is 11.1. The third-order valence-electron chi connectivity index (χ3n) is 4.09. The maximum absolute atomic E-state index is 5.69. The van der Waals surface area contributed by atoms with Crippen molar-refractivity contribution in [1.29, 1.82) is 0 Å². The minimum Gasteiger partial charge on any atom is -0.378 e. The van der Waals surface area contributed by atoms with E-state index in [1.807, 2.05) is 0 Å². The number of likely N-dealkylation sites (N-methyl/N-ethyl adjacent to an activating group) is 1. The highest BCUT2D eigenvalue weighted by atomic mass is 16.5. The predicted octanol–water partition coefficient (Wildman–Crippen LogP) is 2.12. The normalized spacial score (nSPS) is 22.6. The maximum atomic E-state index is 5.69. The number of nitrogens with one attached hydrogen (secondary N) is 1. The summed E-state index contributed by atoms with van der Waals surface area (Å²) in [7, 11) is 2.09. The van der Waals surface area contributed by atoms with E-state index in [9.17, 15) is 0 Å². The van der Waals surface area contributed by atoms with Crippen LogP contribution in [0.5, 0.6) is 0 Å². The fourth-order valence-electron chi connectivity index (χ4n) is 2.61. The highest BCUT2D eigenvalue weighted by Gasteiger charge is 2.23. The SMILES string of the molecule is CCOC1CCN(CC(NC)C(C)CC)CC1. The minimum atomic E-state index is 0.507. The topological polar surface area (TPSA) is 24.5 Å². The molecule has 1 fully saturated rings. The van der Waals surface area contributed by atoms with Gasteiger partial charge in [-0.05, 0) is 32.7 Å². The van der Waals surface area contributed by atoms with E-state index in [4.69, 9.17) is 4.74 Å². The molecule has 2 atom stereocenters. The zero-order valence-electron chi connectivity index (χ0n) is 12.0. The Kier molecular flexibility index (Phi) is 7.09. The molecule has 0 aliphatic carbocycles. The first-order chi connectivity index (χ1) is 8.21. The number of nitrogens with zero attached hydrogens (tertiary/aromatic N) is 1. The fourth-order valence-corrected chi connectivity index (χ4v) is 2.61. The second-order valence-electron chi connectivity index (χ2n) is 5.24. The van der Waals surface area contributed by atoms with Gasteiger partial charge in [0, 0.05) is 32.3 Å². The summed E-state index contributed by atoms with van der Waals surface area (Å²) in [4.78, 5) is 2.59. The van der Waals surface area contributed by atoms with Crippen molar-refractivity contribution in [3.05, 3.63) is 0 Å². The van der Waals surface area contributed by atoms with E-state index in [0.29, 0.717) is 12.1 Å². The van der Waals surface area contributed by atoms with Gasteiger partial charge in [-0.1, -0.05) is 20.3 Å². The Morgan fingerprint density at radius 1 is 1.29 bits per heavy atom. The third kappa shape index (κ3) is 4.94. The molecule has 1 aliphatic heterocycles. The van der Waals surface area contributed by atoms with E-state index in [0.717, 1.165) is 12.5 Å². The van der Waals surface area contributed by atoms with Crippen LogP contribution in [-0.2, 0) is 4.74 Å². The van der Waals surface area contributed by atoms with Crippen molar-refractivity contribution in [3.63, 3.8) is 0 Å². The van der Waals surface area contributed by atoms with Gasteiger partial charge in [-0.15, -0.1) is 0 Å². The van der Waals surface area contributed by atoms with Gasteiger partial charge in [0.1, 0.15) is 0 Å². The van der Waals surface area contributed by atoms with Gasteiger partial charge < -0.3 is 15.0 Å². The molecule has 17 heavy (non-hydrogen) atoms. The van der Waals surface area contributed by atoms with Gasteiger partial charge in [-0.25, -0.2) is 0 Å². The van der Waals surface area contributed by atoms with Crippen molar-refractivity contribution >= 4 is 0 Å². The third-order valence-corrected chi connectivity index (χ3v) is 4.09. The van der Waals surface area contributed by atoms with Gasteiger partial charge in [-0.2, -0.15) is 0 Å². The first-order valence-electron chi connectivity index (χ1n) is 7.22. The molecule has 0 amide bonds. The van der Waals surface area contributed by atoms with Crippen LogP contribution in [0.4, 0.5) is 0 Å². The molecule has 3 nitrogen and oxygen atoms in total. The van der Waals surface area contributed by atoms with Crippen LogP contribution in [0.3, 0.4) is 0 Å². The van der Waals surface area contributed by atoms with E-state index in [-0.39, 0.29) is 0 Å². The second kappa shape index (κ2) is 8.06. The highest BCUT2D eigenvalue weighted by molar-refractivity contribution is 4.79. The molecule has 102 valence electrons. The van der Waals surface area contributed by atoms with Crippen LogP contribution in [0.25, 0.3) is 0 Å². The molecular weight excluding hydrogens is 212 g/mol. The highest BCUT2D eigenvalue weighted by Crippen LogP contribution is 2.16. The predicted molar refractivity (Wildman–Crippen MR) is 73.4 cm³/mol. The van der Waals surface area contributed by atoms with E-state index in [1.54, 1.807) is 0 Å². The summed E-state index contributed by atoms with van der Waals surface area (Å²) in [6, 6.07) is 0.628. The number of ether oxygens (including phenoxy) is 1. The molecule has 3 heteroatoms. The zero-order valence-corrected chi connectivity index (χ0v) is 12.0. The van der Waals surface area contributed by atoms with Crippen LogP contribution >= 0.6 is 0 Å². The van der Waals surface area contributed by atoms with Crippen LogP contribution in [0.15, 0.2) is 0 Å². The summed E-state index contributed by atoms with van der Waals surface area (Å²) >= 11 is 0. The molecule has 0 aromatic carbocycles. The van der Waals surface area contributed by atoms with Gasteiger partial charge in [0.25, 0.3) is 0 Å². The molecule has 0 aromatic rings. The van der Waals surface area contributed by atoms with Gasteiger partial charge in [0.05, 0.1) is 6.10 Å². The van der Waals surface area contributed by atoms with E-state index in [1.165, 1.54) is 38.9 Å². The van der Waals surface area contributed by atoms with Crippen molar-refractivity contribution in [3.8, 4) is 0 Å². The molecule has 1 saturated heterocycles. The first-order valence-corrected chi connectivity index (χ1v) is 7.22. The van der Waals surface area contributed by atoms with Crippen molar-refractivity contribution in [2.45, 2.75) is 52.2 Å².